The highest BCUT2D eigenvalue weighted by atomic mass is 79.9. The minimum absolute atomic E-state index is 0.203. The number of Topliss-reactive ketones (excluding diaryl/α,β-unsaturated/α-hetero) is 1. The van der Waals surface area contributed by atoms with E-state index in [0.717, 1.165) is 25.2 Å². The first kappa shape index (κ1) is 20.0. The van der Waals surface area contributed by atoms with Crippen LogP contribution in [0.25, 0.3) is 0 Å². The number of ketones is 1. The van der Waals surface area contributed by atoms with Crippen LogP contribution in [0.1, 0.15) is 43.0 Å². The molecule has 0 unspecified atom stereocenters. The number of carbonyl (C=O) groups excluding carboxylic acids is 1. The van der Waals surface area contributed by atoms with Gasteiger partial charge < -0.3 is 16.0 Å². The van der Waals surface area contributed by atoms with Crippen LogP contribution >= 0.6 is 15.9 Å². The third kappa shape index (κ3) is 5.32. The summed E-state index contributed by atoms with van der Waals surface area (Å²) in [7, 11) is 0. The highest BCUT2D eigenvalue weighted by Crippen LogP contribution is 2.23. The summed E-state index contributed by atoms with van der Waals surface area (Å²) in [5.74, 6) is -0.407. The monoisotopic (exact) mass is 421 g/mol. The summed E-state index contributed by atoms with van der Waals surface area (Å²) in [6.45, 7) is 1.36. The van der Waals surface area contributed by atoms with Crippen LogP contribution < -0.4 is 10.6 Å². The standard InChI is InChI=1S/C18H21BrFN5O/c1-11(26)15-8-13(20)5-6-16(15)25-17(23-10-22)7-12(9-21)18(19)24-14-3-2-4-14/h5-6,8-10,14,21,24H,2-4,7H2,1H3,(H2,22,23,25)/b18-12-,21-9?. The Labute approximate surface area is 160 Å². The molecule has 1 aromatic rings. The van der Waals surface area contributed by atoms with Crippen molar-refractivity contribution in [3.63, 3.8) is 0 Å². The van der Waals surface area contributed by atoms with Crippen molar-refractivity contribution in [2.45, 2.75) is 38.6 Å². The predicted molar refractivity (Wildman–Crippen MR) is 106 cm³/mol. The summed E-state index contributed by atoms with van der Waals surface area (Å²) in [6, 6.07) is 4.27. The fourth-order valence-corrected chi connectivity index (χ4v) is 3.05. The summed E-state index contributed by atoms with van der Waals surface area (Å²) in [5, 5.41) is 21.2. The van der Waals surface area contributed by atoms with Gasteiger partial charge in [0.1, 0.15) is 18.0 Å². The summed E-state index contributed by atoms with van der Waals surface area (Å²) in [6.07, 6.45) is 5.73. The van der Waals surface area contributed by atoms with Crippen molar-refractivity contribution in [2.75, 3.05) is 5.32 Å². The van der Waals surface area contributed by atoms with E-state index in [2.05, 4.69) is 31.6 Å². The van der Waals surface area contributed by atoms with Gasteiger partial charge in [-0.2, -0.15) is 0 Å². The molecule has 1 fully saturated rings. The van der Waals surface area contributed by atoms with Crippen molar-refractivity contribution in [1.29, 1.82) is 10.8 Å². The zero-order chi connectivity index (χ0) is 19.1. The number of carbonyl (C=O) groups is 1. The van der Waals surface area contributed by atoms with Gasteiger partial charge in [0.2, 0.25) is 0 Å². The molecule has 0 atom stereocenters. The van der Waals surface area contributed by atoms with Gasteiger partial charge in [-0.1, -0.05) is 0 Å². The first-order valence-corrected chi connectivity index (χ1v) is 9.02. The fourth-order valence-electron chi connectivity index (χ4n) is 2.47. The van der Waals surface area contributed by atoms with E-state index >= 15 is 0 Å². The average Bonchev–Trinajstić information content (AvgIpc) is 2.57. The van der Waals surface area contributed by atoms with Gasteiger partial charge in [-0.25, -0.2) is 9.38 Å². The highest BCUT2D eigenvalue weighted by Gasteiger charge is 2.19. The van der Waals surface area contributed by atoms with E-state index in [4.69, 9.17) is 10.8 Å². The van der Waals surface area contributed by atoms with Crippen LogP contribution in [0.15, 0.2) is 33.4 Å². The molecule has 0 aliphatic heterocycles. The highest BCUT2D eigenvalue weighted by molar-refractivity contribution is 9.11. The number of hydrogen-bond acceptors (Lipinski definition) is 4. The molecular weight excluding hydrogens is 401 g/mol. The van der Waals surface area contributed by atoms with Crippen molar-refractivity contribution in [1.82, 2.24) is 5.32 Å². The number of hydrogen-bond donors (Lipinski definition) is 4. The van der Waals surface area contributed by atoms with Crippen LogP contribution in [0.2, 0.25) is 0 Å². The maximum absolute atomic E-state index is 13.4. The largest absolute Gasteiger partial charge is 0.376 e. The van der Waals surface area contributed by atoms with Gasteiger partial charge in [-0.15, -0.1) is 0 Å². The molecule has 1 saturated carbocycles. The third-order valence-corrected chi connectivity index (χ3v) is 4.85. The van der Waals surface area contributed by atoms with E-state index in [-0.39, 0.29) is 17.8 Å². The topological polar surface area (TPSA) is 101 Å². The molecule has 138 valence electrons. The maximum Gasteiger partial charge on any atom is 0.161 e. The molecular formula is C18H21BrFN5O. The van der Waals surface area contributed by atoms with Gasteiger partial charge in [0.15, 0.2) is 5.78 Å². The smallest absolute Gasteiger partial charge is 0.161 e. The van der Waals surface area contributed by atoms with Crippen molar-refractivity contribution in [3.05, 3.63) is 39.8 Å². The molecule has 0 radical (unpaired) electrons. The van der Waals surface area contributed by atoms with E-state index in [9.17, 15) is 9.18 Å². The molecule has 0 heterocycles. The lowest BCUT2D eigenvalue weighted by atomic mass is 9.93. The Bertz CT molecular complexity index is 771. The van der Waals surface area contributed by atoms with Crippen LogP contribution in [0.3, 0.4) is 0 Å². The van der Waals surface area contributed by atoms with Crippen molar-refractivity contribution < 1.29 is 9.18 Å². The van der Waals surface area contributed by atoms with E-state index in [1.165, 1.54) is 31.7 Å². The second-order valence-corrected chi connectivity index (χ2v) is 6.80. The van der Waals surface area contributed by atoms with Gasteiger partial charge in [-0.3, -0.25) is 10.2 Å². The molecule has 2 rings (SSSR count). The number of halogens is 2. The Hall–Kier alpha value is -2.35. The van der Waals surface area contributed by atoms with Gasteiger partial charge in [0.25, 0.3) is 0 Å². The van der Waals surface area contributed by atoms with Crippen LogP contribution in [0.4, 0.5) is 10.1 Å². The molecule has 1 aliphatic rings. The normalized spacial score (nSPS) is 15.6. The molecule has 0 saturated heterocycles. The van der Waals surface area contributed by atoms with E-state index in [0.29, 0.717) is 27.7 Å². The van der Waals surface area contributed by atoms with Crippen molar-refractivity contribution >= 4 is 45.8 Å². The number of nitrogens with zero attached hydrogens (tertiary/aromatic N) is 1. The van der Waals surface area contributed by atoms with Gasteiger partial charge in [0.05, 0.1) is 10.3 Å². The second-order valence-electron chi connectivity index (χ2n) is 6.01. The zero-order valence-corrected chi connectivity index (χ0v) is 16.0. The van der Waals surface area contributed by atoms with Gasteiger partial charge >= 0.3 is 0 Å². The van der Waals surface area contributed by atoms with E-state index in [1.807, 2.05) is 0 Å². The molecule has 6 nitrogen and oxygen atoms in total. The average molecular weight is 422 g/mol. The summed E-state index contributed by atoms with van der Waals surface area (Å²) >= 11 is 3.47. The number of amidine groups is 1. The fraction of sp³-hybridized carbons (Fsp3) is 0.333. The van der Waals surface area contributed by atoms with E-state index < -0.39 is 5.82 Å². The minimum atomic E-state index is -0.501. The lowest BCUT2D eigenvalue weighted by Crippen LogP contribution is -2.33. The molecule has 1 aromatic carbocycles. The molecule has 0 amide bonds. The quantitative estimate of drug-likeness (QED) is 0.218. The first-order valence-electron chi connectivity index (χ1n) is 8.23. The second kappa shape index (κ2) is 9.38. The van der Waals surface area contributed by atoms with Crippen LogP contribution in [0.5, 0.6) is 0 Å². The predicted octanol–water partition coefficient (Wildman–Crippen LogP) is 4.23. The molecule has 4 N–H and O–H groups in total. The molecule has 0 spiro atoms. The molecule has 0 aromatic heterocycles. The van der Waals surface area contributed by atoms with Gasteiger partial charge in [-0.05, 0) is 60.3 Å². The van der Waals surface area contributed by atoms with Gasteiger partial charge in [0, 0.05) is 29.8 Å². The van der Waals surface area contributed by atoms with Crippen molar-refractivity contribution in [2.24, 2.45) is 4.99 Å². The van der Waals surface area contributed by atoms with Crippen LogP contribution in [-0.2, 0) is 0 Å². The van der Waals surface area contributed by atoms with Crippen LogP contribution in [-0.4, -0.2) is 30.2 Å². The lowest BCUT2D eigenvalue weighted by Gasteiger charge is -2.28. The Balaban J connectivity index is 2.22. The minimum Gasteiger partial charge on any atom is -0.376 e. The molecule has 8 heteroatoms. The molecule has 1 aliphatic carbocycles. The number of rotatable bonds is 8. The lowest BCUT2D eigenvalue weighted by molar-refractivity contribution is 0.101. The third-order valence-electron chi connectivity index (χ3n) is 4.11. The zero-order valence-electron chi connectivity index (χ0n) is 14.4. The Morgan fingerprint density at radius 1 is 1.42 bits per heavy atom. The summed E-state index contributed by atoms with van der Waals surface area (Å²) in [5.41, 5.74) is 1.26. The van der Waals surface area contributed by atoms with Crippen LogP contribution in [0, 0.1) is 16.6 Å². The van der Waals surface area contributed by atoms with E-state index in [1.54, 1.807) is 0 Å². The Morgan fingerprint density at radius 3 is 2.69 bits per heavy atom. The molecule has 26 heavy (non-hydrogen) atoms. The number of benzene rings is 1. The Kier molecular flexibility index (Phi) is 7.20. The number of aliphatic imine (C=N–C) groups is 1. The maximum atomic E-state index is 13.4. The molecule has 0 bridgehead atoms. The summed E-state index contributed by atoms with van der Waals surface area (Å²) < 4.78 is 14.1. The first-order chi connectivity index (χ1) is 12.4. The SMILES string of the molecule is CC(=O)c1cc(F)ccc1N/C(C/C(C=N)=C(\Br)NC1CCC1)=N\C=N. The number of nitrogens with one attached hydrogen (secondary N) is 4. The summed E-state index contributed by atoms with van der Waals surface area (Å²) in [4.78, 5) is 15.7. The Morgan fingerprint density at radius 2 is 2.15 bits per heavy atom. The van der Waals surface area contributed by atoms with Crippen molar-refractivity contribution in [3.8, 4) is 0 Å². The number of anilines is 1.